The summed E-state index contributed by atoms with van der Waals surface area (Å²) in [6.45, 7) is 4.45. The molecule has 1 aromatic heterocycles. The standard InChI is InChI=1S/C10H15BrN2S/c1-3-7(2)6-14-10-9(11)4-8(12)5-13-10/h4-5,7H,3,6,12H2,1-2H3. The van der Waals surface area contributed by atoms with Crippen molar-refractivity contribution in [3.63, 3.8) is 0 Å². The zero-order valence-electron chi connectivity index (χ0n) is 8.46. The van der Waals surface area contributed by atoms with E-state index in [0.717, 1.165) is 21.2 Å². The first-order chi connectivity index (χ1) is 6.63. The number of rotatable bonds is 4. The monoisotopic (exact) mass is 274 g/mol. The van der Waals surface area contributed by atoms with Gasteiger partial charge in [-0.3, -0.25) is 0 Å². The number of nitrogens with two attached hydrogens (primary N) is 1. The summed E-state index contributed by atoms with van der Waals surface area (Å²) in [6, 6.07) is 1.89. The molecule has 0 spiro atoms. The predicted molar refractivity (Wildman–Crippen MR) is 66.5 cm³/mol. The lowest BCUT2D eigenvalue weighted by molar-refractivity contribution is 0.636. The number of hydrogen-bond acceptors (Lipinski definition) is 3. The minimum atomic E-state index is 0.699. The van der Waals surface area contributed by atoms with Gasteiger partial charge in [0, 0.05) is 5.75 Å². The molecular weight excluding hydrogens is 260 g/mol. The number of halogens is 1. The molecule has 4 heteroatoms. The van der Waals surface area contributed by atoms with E-state index >= 15 is 0 Å². The maximum atomic E-state index is 5.61. The lowest BCUT2D eigenvalue weighted by atomic mass is 10.2. The number of hydrogen-bond donors (Lipinski definition) is 1. The van der Waals surface area contributed by atoms with Crippen LogP contribution in [0.3, 0.4) is 0 Å². The summed E-state index contributed by atoms with van der Waals surface area (Å²) in [6.07, 6.45) is 2.91. The Kier molecular flexibility index (Phi) is 4.75. The van der Waals surface area contributed by atoms with E-state index in [9.17, 15) is 0 Å². The maximum absolute atomic E-state index is 5.61. The first-order valence-corrected chi connectivity index (χ1v) is 6.45. The van der Waals surface area contributed by atoms with Crippen LogP contribution in [-0.2, 0) is 0 Å². The molecule has 0 fully saturated rings. The van der Waals surface area contributed by atoms with Crippen LogP contribution >= 0.6 is 27.7 Å². The van der Waals surface area contributed by atoms with Gasteiger partial charge in [0.05, 0.1) is 16.4 Å². The van der Waals surface area contributed by atoms with Crippen molar-refractivity contribution in [2.75, 3.05) is 11.5 Å². The normalized spacial score (nSPS) is 12.8. The topological polar surface area (TPSA) is 38.9 Å². The van der Waals surface area contributed by atoms with E-state index in [-0.39, 0.29) is 0 Å². The second kappa shape index (κ2) is 5.61. The molecule has 0 aromatic carbocycles. The summed E-state index contributed by atoms with van der Waals surface area (Å²) in [5.74, 6) is 1.83. The molecule has 0 aliphatic heterocycles. The van der Waals surface area contributed by atoms with Crippen molar-refractivity contribution in [1.82, 2.24) is 4.98 Å². The van der Waals surface area contributed by atoms with Crippen LogP contribution in [0.15, 0.2) is 21.8 Å². The van der Waals surface area contributed by atoms with Crippen molar-refractivity contribution >= 4 is 33.4 Å². The first kappa shape index (κ1) is 11.9. The molecule has 1 aromatic rings. The van der Waals surface area contributed by atoms with Crippen LogP contribution in [-0.4, -0.2) is 10.7 Å². The van der Waals surface area contributed by atoms with E-state index < -0.39 is 0 Å². The third-order valence-electron chi connectivity index (χ3n) is 2.03. The molecule has 1 unspecified atom stereocenters. The van der Waals surface area contributed by atoms with Gasteiger partial charge in [-0.1, -0.05) is 20.3 Å². The number of nitrogen functional groups attached to an aromatic ring is 1. The van der Waals surface area contributed by atoms with E-state index in [1.165, 1.54) is 6.42 Å². The molecule has 1 heterocycles. The molecule has 0 saturated carbocycles. The Balaban J connectivity index is 2.59. The van der Waals surface area contributed by atoms with Crippen LogP contribution in [0.25, 0.3) is 0 Å². The zero-order chi connectivity index (χ0) is 10.6. The first-order valence-electron chi connectivity index (χ1n) is 4.67. The summed E-state index contributed by atoms with van der Waals surface area (Å²) in [5, 5.41) is 1.03. The Morgan fingerprint density at radius 3 is 2.93 bits per heavy atom. The van der Waals surface area contributed by atoms with Crippen molar-refractivity contribution in [1.29, 1.82) is 0 Å². The molecule has 0 amide bonds. The maximum Gasteiger partial charge on any atom is 0.110 e. The molecule has 0 aliphatic carbocycles. The Morgan fingerprint density at radius 1 is 1.64 bits per heavy atom. The molecule has 14 heavy (non-hydrogen) atoms. The number of pyridine rings is 1. The highest BCUT2D eigenvalue weighted by Gasteiger charge is 2.05. The van der Waals surface area contributed by atoms with Gasteiger partial charge in [-0.15, -0.1) is 11.8 Å². The van der Waals surface area contributed by atoms with Crippen molar-refractivity contribution in [2.45, 2.75) is 25.3 Å². The molecule has 0 bridgehead atoms. The van der Waals surface area contributed by atoms with Gasteiger partial charge in [0.1, 0.15) is 5.03 Å². The molecule has 0 aliphatic rings. The third kappa shape index (κ3) is 3.50. The highest BCUT2D eigenvalue weighted by atomic mass is 79.9. The highest BCUT2D eigenvalue weighted by molar-refractivity contribution is 9.10. The van der Waals surface area contributed by atoms with Gasteiger partial charge in [-0.2, -0.15) is 0 Å². The number of nitrogens with zero attached hydrogens (tertiary/aromatic N) is 1. The molecule has 0 saturated heterocycles. The fourth-order valence-corrected chi connectivity index (χ4v) is 2.60. The van der Waals surface area contributed by atoms with E-state index in [1.54, 1.807) is 18.0 Å². The van der Waals surface area contributed by atoms with Crippen molar-refractivity contribution in [3.05, 3.63) is 16.7 Å². The van der Waals surface area contributed by atoms with Crippen molar-refractivity contribution in [2.24, 2.45) is 5.92 Å². The largest absolute Gasteiger partial charge is 0.397 e. The second-order valence-electron chi connectivity index (χ2n) is 3.38. The van der Waals surface area contributed by atoms with Gasteiger partial charge in [0.25, 0.3) is 0 Å². The summed E-state index contributed by atoms with van der Waals surface area (Å²) in [4.78, 5) is 4.28. The van der Waals surface area contributed by atoms with Crippen LogP contribution in [0, 0.1) is 5.92 Å². The second-order valence-corrected chi connectivity index (χ2v) is 5.24. The van der Waals surface area contributed by atoms with Gasteiger partial charge in [0.2, 0.25) is 0 Å². The predicted octanol–water partition coefficient (Wildman–Crippen LogP) is 3.56. The Hall–Kier alpha value is -0.220. The van der Waals surface area contributed by atoms with Crippen LogP contribution in [0.5, 0.6) is 0 Å². The van der Waals surface area contributed by atoms with E-state index in [1.807, 2.05) is 6.07 Å². The van der Waals surface area contributed by atoms with E-state index in [0.29, 0.717) is 5.69 Å². The van der Waals surface area contributed by atoms with Crippen molar-refractivity contribution in [3.8, 4) is 0 Å². The van der Waals surface area contributed by atoms with Gasteiger partial charge in [0.15, 0.2) is 0 Å². The van der Waals surface area contributed by atoms with Gasteiger partial charge < -0.3 is 5.73 Å². The number of aromatic nitrogens is 1. The van der Waals surface area contributed by atoms with Crippen LogP contribution in [0.2, 0.25) is 0 Å². The fraction of sp³-hybridized carbons (Fsp3) is 0.500. The lowest BCUT2D eigenvalue weighted by Crippen LogP contribution is -1.96. The minimum absolute atomic E-state index is 0.699. The zero-order valence-corrected chi connectivity index (χ0v) is 10.9. The highest BCUT2D eigenvalue weighted by Crippen LogP contribution is 2.28. The average Bonchev–Trinajstić information content (AvgIpc) is 2.16. The van der Waals surface area contributed by atoms with E-state index in [4.69, 9.17) is 5.73 Å². The third-order valence-corrected chi connectivity index (χ3v) is 4.23. The molecule has 1 rings (SSSR count). The van der Waals surface area contributed by atoms with Crippen molar-refractivity contribution < 1.29 is 0 Å². The molecule has 1 atom stereocenters. The van der Waals surface area contributed by atoms with Crippen LogP contribution in [0.4, 0.5) is 5.69 Å². The quantitative estimate of drug-likeness (QED) is 0.854. The van der Waals surface area contributed by atoms with Crippen LogP contribution in [0.1, 0.15) is 20.3 Å². The minimum Gasteiger partial charge on any atom is -0.397 e. The molecule has 2 N–H and O–H groups in total. The summed E-state index contributed by atoms with van der Waals surface area (Å²) in [5.41, 5.74) is 6.31. The Bertz CT molecular complexity index is 304. The number of anilines is 1. The Morgan fingerprint density at radius 2 is 2.36 bits per heavy atom. The van der Waals surface area contributed by atoms with Gasteiger partial charge in [-0.25, -0.2) is 4.98 Å². The molecule has 0 radical (unpaired) electrons. The number of thioether (sulfide) groups is 1. The van der Waals surface area contributed by atoms with Gasteiger partial charge in [-0.05, 0) is 27.9 Å². The average molecular weight is 275 g/mol. The Labute approximate surface area is 97.8 Å². The molecule has 2 nitrogen and oxygen atoms in total. The summed E-state index contributed by atoms with van der Waals surface area (Å²) < 4.78 is 0.991. The fourth-order valence-electron chi connectivity index (χ4n) is 0.885. The van der Waals surface area contributed by atoms with Gasteiger partial charge >= 0.3 is 0 Å². The van der Waals surface area contributed by atoms with E-state index in [2.05, 4.69) is 34.8 Å². The summed E-state index contributed by atoms with van der Waals surface area (Å²) >= 11 is 5.23. The lowest BCUT2D eigenvalue weighted by Gasteiger charge is -2.08. The SMILES string of the molecule is CCC(C)CSc1ncc(N)cc1Br. The molecule has 78 valence electrons. The summed E-state index contributed by atoms with van der Waals surface area (Å²) in [7, 11) is 0. The smallest absolute Gasteiger partial charge is 0.110 e. The molecular formula is C10H15BrN2S. The van der Waals surface area contributed by atoms with Crippen LogP contribution < -0.4 is 5.73 Å².